The maximum absolute atomic E-state index is 10.8. The van der Waals surface area contributed by atoms with Gasteiger partial charge in [0.2, 0.25) is 0 Å². The van der Waals surface area contributed by atoms with Crippen molar-refractivity contribution in [3.63, 3.8) is 0 Å². The molecular formula is C8H8BrNO3. The maximum atomic E-state index is 10.8. The van der Waals surface area contributed by atoms with Crippen LogP contribution >= 0.6 is 15.9 Å². The predicted octanol–water partition coefficient (Wildman–Crippen LogP) is 1.94. The Morgan fingerprint density at radius 1 is 1.69 bits per heavy atom. The lowest BCUT2D eigenvalue weighted by Gasteiger charge is -2.14. The van der Waals surface area contributed by atoms with E-state index in [0.29, 0.717) is 17.0 Å². The molecule has 1 unspecified atom stereocenters. The van der Waals surface area contributed by atoms with Crippen molar-refractivity contribution in [1.29, 1.82) is 0 Å². The Labute approximate surface area is 83.1 Å². The number of halogens is 1. The van der Waals surface area contributed by atoms with Crippen LogP contribution in [-0.4, -0.2) is 16.1 Å². The van der Waals surface area contributed by atoms with E-state index < -0.39 is 11.9 Å². The van der Waals surface area contributed by atoms with Gasteiger partial charge in [-0.2, -0.15) is 0 Å². The Balaban J connectivity index is 2.41. The second kappa shape index (κ2) is 3.14. The molecule has 0 aliphatic heterocycles. The highest BCUT2D eigenvalue weighted by Crippen LogP contribution is 2.33. The highest BCUT2D eigenvalue weighted by molar-refractivity contribution is 9.10. The van der Waals surface area contributed by atoms with E-state index in [1.165, 1.54) is 0 Å². The first kappa shape index (κ1) is 8.74. The summed E-state index contributed by atoms with van der Waals surface area (Å²) in [6.07, 6.45) is 2.32. The summed E-state index contributed by atoms with van der Waals surface area (Å²) in [5.41, 5.74) is 0.783. The van der Waals surface area contributed by atoms with Gasteiger partial charge in [0.1, 0.15) is 11.7 Å². The number of hydrogen-bond acceptors (Lipinski definition) is 3. The second-order valence-electron chi connectivity index (χ2n) is 3.06. The molecule has 0 saturated heterocycles. The van der Waals surface area contributed by atoms with Gasteiger partial charge in [-0.15, -0.1) is 0 Å². The summed E-state index contributed by atoms with van der Waals surface area (Å²) < 4.78 is 5.20. The molecule has 1 aliphatic carbocycles. The summed E-state index contributed by atoms with van der Waals surface area (Å²) in [6, 6.07) is 0. The number of aryl methyl sites for hydroxylation is 1. The molecule has 5 heteroatoms. The van der Waals surface area contributed by atoms with Crippen molar-refractivity contribution in [1.82, 2.24) is 4.98 Å². The summed E-state index contributed by atoms with van der Waals surface area (Å²) in [5.74, 6) is -0.822. The summed E-state index contributed by atoms with van der Waals surface area (Å²) in [5, 5.41) is 8.89. The van der Waals surface area contributed by atoms with Gasteiger partial charge in [-0.25, -0.2) is 4.98 Å². The molecule has 0 spiro atoms. The molecule has 0 aromatic carbocycles. The van der Waals surface area contributed by atoms with Gasteiger partial charge in [-0.1, -0.05) is 0 Å². The van der Waals surface area contributed by atoms with Crippen LogP contribution < -0.4 is 0 Å². The number of aliphatic carboxylic acids is 1. The van der Waals surface area contributed by atoms with Gasteiger partial charge >= 0.3 is 5.97 Å². The minimum absolute atomic E-state index is 0.380. The molecule has 1 aliphatic rings. The van der Waals surface area contributed by atoms with E-state index in [1.54, 1.807) is 0 Å². The Hall–Kier alpha value is -0.840. The Kier molecular flexibility index (Phi) is 2.11. The molecule has 0 saturated carbocycles. The molecule has 1 aromatic rings. The van der Waals surface area contributed by atoms with E-state index in [0.717, 1.165) is 18.5 Å². The van der Waals surface area contributed by atoms with Crippen molar-refractivity contribution in [3.8, 4) is 0 Å². The van der Waals surface area contributed by atoms with E-state index in [-0.39, 0.29) is 0 Å². The third-order valence-electron chi connectivity index (χ3n) is 2.22. The average Bonchev–Trinajstić information content (AvgIpc) is 2.43. The van der Waals surface area contributed by atoms with Gasteiger partial charge in [0.25, 0.3) is 4.80 Å². The van der Waals surface area contributed by atoms with E-state index >= 15 is 0 Å². The third kappa shape index (κ3) is 1.48. The standard InChI is InChI=1S/C8H8BrNO3/c9-8-10-5-3-1-2-4(7(11)12)6(5)13-8/h4H,1-3H2,(H,11,12). The molecular weight excluding hydrogens is 238 g/mol. The fourth-order valence-electron chi connectivity index (χ4n) is 1.63. The quantitative estimate of drug-likeness (QED) is 0.822. The molecule has 1 aromatic heterocycles. The van der Waals surface area contributed by atoms with Gasteiger partial charge in [-0.05, 0) is 19.3 Å². The number of carboxylic acids is 1. The summed E-state index contributed by atoms with van der Waals surface area (Å²) in [4.78, 5) is 15.3. The summed E-state index contributed by atoms with van der Waals surface area (Å²) in [6.45, 7) is 0. The molecule has 0 bridgehead atoms. The molecule has 1 atom stereocenters. The van der Waals surface area contributed by atoms with Gasteiger partial charge < -0.3 is 9.52 Å². The van der Waals surface area contributed by atoms with E-state index in [4.69, 9.17) is 9.52 Å². The van der Waals surface area contributed by atoms with Crippen LogP contribution in [0.3, 0.4) is 0 Å². The highest BCUT2D eigenvalue weighted by Gasteiger charge is 2.31. The van der Waals surface area contributed by atoms with Crippen LogP contribution in [0.25, 0.3) is 0 Å². The van der Waals surface area contributed by atoms with Crippen molar-refractivity contribution in [2.45, 2.75) is 25.2 Å². The number of fused-ring (bicyclic) bond motifs is 1. The molecule has 4 nitrogen and oxygen atoms in total. The lowest BCUT2D eigenvalue weighted by Crippen LogP contribution is -2.16. The largest absolute Gasteiger partial charge is 0.481 e. The van der Waals surface area contributed by atoms with Crippen LogP contribution in [0.1, 0.15) is 30.2 Å². The molecule has 0 fully saturated rings. The first-order valence-corrected chi connectivity index (χ1v) is 4.85. The zero-order valence-electron chi connectivity index (χ0n) is 6.79. The number of nitrogens with zero attached hydrogens (tertiary/aromatic N) is 1. The molecule has 0 amide bonds. The van der Waals surface area contributed by atoms with Gasteiger partial charge in [0.15, 0.2) is 0 Å². The first-order chi connectivity index (χ1) is 6.18. The van der Waals surface area contributed by atoms with Crippen molar-refractivity contribution >= 4 is 21.9 Å². The topological polar surface area (TPSA) is 63.3 Å². The summed E-state index contributed by atoms with van der Waals surface area (Å²) >= 11 is 3.10. The van der Waals surface area contributed by atoms with Gasteiger partial charge in [-0.3, -0.25) is 4.79 Å². The van der Waals surface area contributed by atoms with E-state index in [1.807, 2.05) is 0 Å². The molecule has 70 valence electrons. The van der Waals surface area contributed by atoms with Crippen LogP contribution in [0, 0.1) is 0 Å². The predicted molar refractivity (Wildman–Crippen MR) is 47.5 cm³/mol. The fourth-order valence-corrected chi connectivity index (χ4v) is 2.01. The molecule has 1 N–H and O–H groups in total. The number of oxazole rings is 1. The van der Waals surface area contributed by atoms with Crippen LogP contribution in [0.4, 0.5) is 0 Å². The first-order valence-electron chi connectivity index (χ1n) is 4.06. The normalized spacial score (nSPS) is 21.2. The van der Waals surface area contributed by atoms with Crippen molar-refractivity contribution < 1.29 is 14.3 Å². The molecule has 1 heterocycles. The molecule has 0 radical (unpaired) electrons. The Morgan fingerprint density at radius 2 is 2.46 bits per heavy atom. The monoisotopic (exact) mass is 245 g/mol. The van der Waals surface area contributed by atoms with Crippen molar-refractivity contribution in [2.75, 3.05) is 0 Å². The van der Waals surface area contributed by atoms with Crippen molar-refractivity contribution in [3.05, 3.63) is 16.3 Å². The Bertz CT molecular complexity index is 347. The van der Waals surface area contributed by atoms with Gasteiger partial charge in [0, 0.05) is 15.9 Å². The van der Waals surface area contributed by atoms with E-state index in [2.05, 4.69) is 20.9 Å². The highest BCUT2D eigenvalue weighted by atomic mass is 79.9. The fraction of sp³-hybridized carbons (Fsp3) is 0.500. The third-order valence-corrected chi connectivity index (χ3v) is 2.56. The van der Waals surface area contributed by atoms with Gasteiger partial charge in [0.05, 0.1) is 5.69 Å². The summed E-state index contributed by atoms with van der Waals surface area (Å²) in [7, 11) is 0. The van der Waals surface area contributed by atoms with Crippen molar-refractivity contribution in [2.24, 2.45) is 0 Å². The number of carbonyl (C=O) groups is 1. The zero-order chi connectivity index (χ0) is 9.42. The number of aromatic nitrogens is 1. The van der Waals surface area contributed by atoms with E-state index in [9.17, 15) is 4.79 Å². The minimum Gasteiger partial charge on any atom is -0.481 e. The lowest BCUT2D eigenvalue weighted by molar-refractivity contribution is -0.139. The number of carboxylic acid groups (broad SMARTS) is 1. The SMILES string of the molecule is O=C(O)C1CCCc2nc(Br)oc21. The second-order valence-corrected chi connectivity index (χ2v) is 3.74. The smallest absolute Gasteiger partial charge is 0.314 e. The van der Waals surface area contributed by atoms with Crippen LogP contribution in [0.2, 0.25) is 0 Å². The molecule has 2 rings (SSSR count). The van der Waals surface area contributed by atoms with Crippen LogP contribution in [-0.2, 0) is 11.2 Å². The minimum atomic E-state index is -0.829. The zero-order valence-corrected chi connectivity index (χ0v) is 8.37. The number of rotatable bonds is 1. The number of hydrogen-bond donors (Lipinski definition) is 1. The average molecular weight is 246 g/mol. The van der Waals surface area contributed by atoms with Crippen LogP contribution in [0.15, 0.2) is 9.22 Å². The van der Waals surface area contributed by atoms with Crippen LogP contribution in [0.5, 0.6) is 0 Å². The molecule has 13 heavy (non-hydrogen) atoms. The lowest BCUT2D eigenvalue weighted by atomic mass is 9.91. The maximum Gasteiger partial charge on any atom is 0.314 e. The Morgan fingerprint density at radius 3 is 3.15 bits per heavy atom.